The van der Waals surface area contributed by atoms with E-state index in [9.17, 15) is 9.90 Å². The van der Waals surface area contributed by atoms with Crippen molar-refractivity contribution < 1.29 is 19.4 Å². The number of aliphatic hydroxyl groups excluding tert-OH is 1. The largest absolute Gasteiger partial charge is 0.392 e. The Hall–Kier alpha value is -1.23. The third-order valence-corrected chi connectivity index (χ3v) is 3.56. The van der Waals surface area contributed by atoms with Gasteiger partial charge in [-0.25, -0.2) is 0 Å². The molecule has 0 amide bonds. The molecule has 1 aliphatic rings. The minimum absolute atomic E-state index is 0.000726. The number of aliphatic hydroxyl groups is 1. The maximum atomic E-state index is 11.9. The second-order valence-corrected chi connectivity index (χ2v) is 5.13. The van der Waals surface area contributed by atoms with Gasteiger partial charge in [0.2, 0.25) is 0 Å². The number of ether oxygens (including phenoxy) is 2. The first-order valence-electron chi connectivity index (χ1n) is 7.43. The molecule has 4 heteroatoms. The lowest BCUT2D eigenvalue weighted by Gasteiger charge is -2.18. The predicted octanol–water partition coefficient (Wildman–Crippen LogP) is 2.78. The molecule has 0 spiro atoms. The lowest BCUT2D eigenvalue weighted by Crippen LogP contribution is -2.18. The number of methoxy groups -OCH3 is 2. The van der Waals surface area contributed by atoms with Crippen LogP contribution >= 0.6 is 0 Å². The highest BCUT2D eigenvalue weighted by Gasteiger charge is 2.25. The van der Waals surface area contributed by atoms with Crippen LogP contribution in [0.2, 0.25) is 0 Å². The molecule has 0 radical (unpaired) electrons. The van der Waals surface area contributed by atoms with Crippen molar-refractivity contribution >= 4 is 5.78 Å². The Morgan fingerprint density at radius 3 is 2.62 bits per heavy atom. The van der Waals surface area contributed by atoms with E-state index >= 15 is 0 Å². The third kappa shape index (κ3) is 5.96. The molecule has 1 N–H and O–H groups in total. The van der Waals surface area contributed by atoms with Crippen molar-refractivity contribution in [1.29, 1.82) is 0 Å². The molecular formula is C17H26O4. The van der Waals surface area contributed by atoms with E-state index in [0.29, 0.717) is 19.3 Å². The van der Waals surface area contributed by atoms with Gasteiger partial charge in [0.15, 0.2) is 12.1 Å². The fourth-order valence-electron chi connectivity index (χ4n) is 2.32. The van der Waals surface area contributed by atoms with Crippen LogP contribution in [-0.2, 0) is 14.3 Å². The summed E-state index contributed by atoms with van der Waals surface area (Å²) in [4.78, 5) is 11.9. The second-order valence-electron chi connectivity index (χ2n) is 5.13. The maximum absolute atomic E-state index is 11.9. The van der Waals surface area contributed by atoms with E-state index in [-0.39, 0.29) is 18.0 Å². The summed E-state index contributed by atoms with van der Waals surface area (Å²) < 4.78 is 10.4. The molecule has 4 nitrogen and oxygen atoms in total. The van der Waals surface area contributed by atoms with E-state index < -0.39 is 6.10 Å². The summed E-state index contributed by atoms with van der Waals surface area (Å²) >= 11 is 0. The Balaban J connectivity index is 2.58. The number of hydrogen-bond donors (Lipinski definition) is 1. The standard InChI is InChI=1S/C17H26O4/c1-4-5-6-7-14(18)9-10-15-13(8-11-16(15)19)12-17(20-2)21-3/h5-6,8,10-11,13-14,17-18H,4,7,9,12H2,1-3H3/b6-5-,15-10+. The third-order valence-electron chi connectivity index (χ3n) is 3.56. The summed E-state index contributed by atoms with van der Waals surface area (Å²) in [7, 11) is 3.17. The van der Waals surface area contributed by atoms with Crippen LogP contribution in [0.5, 0.6) is 0 Å². The molecule has 0 saturated carbocycles. The Bertz CT molecular complexity index is 405. The van der Waals surface area contributed by atoms with Gasteiger partial charge in [0, 0.05) is 32.1 Å². The normalized spacial score (nSPS) is 22.0. The van der Waals surface area contributed by atoms with Gasteiger partial charge in [-0.3, -0.25) is 4.79 Å². The molecule has 0 aromatic carbocycles. The zero-order valence-corrected chi connectivity index (χ0v) is 13.1. The first-order chi connectivity index (χ1) is 10.1. The molecule has 2 atom stereocenters. The van der Waals surface area contributed by atoms with E-state index in [1.807, 2.05) is 24.3 Å². The highest BCUT2D eigenvalue weighted by atomic mass is 16.7. The summed E-state index contributed by atoms with van der Waals surface area (Å²) in [6.07, 6.45) is 11.2. The SMILES string of the molecule is CC/C=C\CC(O)C/C=C1/C(=O)C=CC1CC(OC)OC. The summed E-state index contributed by atoms with van der Waals surface area (Å²) in [5.74, 6) is 0.0167. The number of carbonyl (C=O) groups excluding carboxylic acids is 1. The van der Waals surface area contributed by atoms with Gasteiger partial charge in [-0.1, -0.05) is 31.2 Å². The zero-order chi connectivity index (χ0) is 15.7. The Morgan fingerprint density at radius 1 is 1.29 bits per heavy atom. The van der Waals surface area contributed by atoms with Crippen molar-refractivity contribution in [3.05, 3.63) is 36.0 Å². The van der Waals surface area contributed by atoms with Gasteiger partial charge in [-0.05, 0) is 25.3 Å². The van der Waals surface area contributed by atoms with Crippen molar-refractivity contribution in [2.24, 2.45) is 5.92 Å². The average molecular weight is 294 g/mol. The van der Waals surface area contributed by atoms with Crippen LogP contribution in [0.15, 0.2) is 36.0 Å². The molecule has 1 rings (SSSR count). The zero-order valence-electron chi connectivity index (χ0n) is 13.1. The van der Waals surface area contributed by atoms with Gasteiger partial charge in [0.05, 0.1) is 6.10 Å². The molecule has 0 saturated heterocycles. The smallest absolute Gasteiger partial charge is 0.181 e. The number of carbonyl (C=O) groups is 1. The fourth-order valence-corrected chi connectivity index (χ4v) is 2.32. The highest BCUT2D eigenvalue weighted by molar-refractivity contribution is 6.07. The quantitative estimate of drug-likeness (QED) is 0.403. The molecule has 0 fully saturated rings. The number of rotatable bonds is 9. The lowest BCUT2D eigenvalue weighted by molar-refractivity contribution is -0.114. The van der Waals surface area contributed by atoms with Gasteiger partial charge < -0.3 is 14.6 Å². The van der Waals surface area contributed by atoms with E-state index in [4.69, 9.17) is 9.47 Å². The minimum Gasteiger partial charge on any atom is -0.392 e. The molecule has 118 valence electrons. The first kappa shape index (κ1) is 17.8. The van der Waals surface area contributed by atoms with Crippen LogP contribution in [0, 0.1) is 5.92 Å². The van der Waals surface area contributed by atoms with E-state index in [0.717, 1.165) is 12.0 Å². The van der Waals surface area contributed by atoms with Crippen LogP contribution in [0.25, 0.3) is 0 Å². The molecule has 0 bridgehead atoms. The molecule has 0 aromatic heterocycles. The van der Waals surface area contributed by atoms with Crippen LogP contribution in [0.4, 0.5) is 0 Å². The topological polar surface area (TPSA) is 55.8 Å². The van der Waals surface area contributed by atoms with Crippen molar-refractivity contribution in [2.45, 2.75) is 45.0 Å². The second kappa shape index (κ2) is 9.66. The van der Waals surface area contributed by atoms with Gasteiger partial charge in [0.1, 0.15) is 0 Å². The minimum atomic E-state index is -0.449. The van der Waals surface area contributed by atoms with Crippen LogP contribution in [-0.4, -0.2) is 37.5 Å². The van der Waals surface area contributed by atoms with E-state index in [1.54, 1.807) is 20.3 Å². The predicted molar refractivity (Wildman–Crippen MR) is 82.8 cm³/mol. The van der Waals surface area contributed by atoms with Gasteiger partial charge in [0.25, 0.3) is 0 Å². The maximum Gasteiger partial charge on any atom is 0.181 e. The highest BCUT2D eigenvalue weighted by Crippen LogP contribution is 2.27. The van der Waals surface area contributed by atoms with Crippen LogP contribution in [0.1, 0.15) is 32.6 Å². The summed E-state index contributed by atoms with van der Waals surface area (Å²) in [5.41, 5.74) is 0.729. The summed E-state index contributed by atoms with van der Waals surface area (Å²) in [6.45, 7) is 2.06. The molecule has 1 aliphatic carbocycles. The van der Waals surface area contributed by atoms with Crippen molar-refractivity contribution in [3.8, 4) is 0 Å². The number of hydrogen-bond acceptors (Lipinski definition) is 4. The number of ketones is 1. The molecule has 0 aliphatic heterocycles. The Labute approximate surface area is 127 Å². The van der Waals surface area contributed by atoms with Crippen molar-refractivity contribution in [3.63, 3.8) is 0 Å². The monoisotopic (exact) mass is 294 g/mol. The van der Waals surface area contributed by atoms with Gasteiger partial charge in [-0.2, -0.15) is 0 Å². The van der Waals surface area contributed by atoms with Gasteiger partial charge in [-0.15, -0.1) is 0 Å². The van der Waals surface area contributed by atoms with Crippen molar-refractivity contribution in [2.75, 3.05) is 14.2 Å². The Kier molecular flexibility index (Phi) is 8.20. The van der Waals surface area contributed by atoms with E-state index in [1.165, 1.54) is 0 Å². The van der Waals surface area contributed by atoms with Crippen molar-refractivity contribution in [1.82, 2.24) is 0 Å². The molecule has 0 aromatic rings. The van der Waals surface area contributed by atoms with E-state index in [2.05, 4.69) is 6.92 Å². The van der Waals surface area contributed by atoms with Crippen LogP contribution < -0.4 is 0 Å². The van der Waals surface area contributed by atoms with Gasteiger partial charge >= 0.3 is 0 Å². The molecule has 2 unspecified atom stereocenters. The fraction of sp³-hybridized carbons (Fsp3) is 0.588. The first-order valence-corrected chi connectivity index (χ1v) is 7.43. The molecular weight excluding hydrogens is 268 g/mol. The molecule has 0 heterocycles. The molecule has 21 heavy (non-hydrogen) atoms. The lowest BCUT2D eigenvalue weighted by atomic mass is 9.96. The summed E-state index contributed by atoms with van der Waals surface area (Å²) in [5, 5.41) is 9.91. The summed E-state index contributed by atoms with van der Waals surface area (Å²) in [6, 6.07) is 0. The average Bonchev–Trinajstić information content (AvgIpc) is 2.83. The Morgan fingerprint density at radius 2 is 2.00 bits per heavy atom. The van der Waals surface area contributed by atoms with Crippen LogP contribution in [0.3, 0.4) is 0 Å². The number of allylic oxidation sites excluding steroid dienone is 4.